The predicted octanol–water partition coefficient (Wildman–Crippen LogP) is 4.01. The average molecular weight is 325 g/mol. The van der Waals surface area contributed by atoms with E-state index in [0.29, 0.717) is 13.2 Å². The van der Waals surface area contributed by atoms with Gasteiger partial charge >= 0.3 is 7.60 Å². The largest absolute Gasteiger partial charge is 0.339 e. The van der Waals surface area contributed by atoms with Gasteiger partial charge in [-0.2, -0.15) is 5.10 Å². The summed E-state index contributed by atoms with van der Waals surface area (Å²) in [6, 6.07) is 3.81. The Morgan fingerprint density at radius 3 is 2.55 bits per heavy atom. The van der Waals surface area contributed by atoms with E-state index in [0.717, 1.165) is 29.9 Å². The first-order valence-corrected chi connectivity index (χ1v) is 9.39. The lowest BCUT2D eigenvalue weighted by Crippen LogP contribution is -2.10. The molecule has 2 heterocycles. The van der Waals surface area contributed by atoms with Crippen LogP contribution in [0.5, 0.6) is 0 Å². The molecule has 0 aliphatic carbocycles. The molecule has 2 aromatic heterocycles. The van der Waals surface area contributed by atoms with E-state index >= 15 is 0 Å². The number of rotatable bonds is 8. The Morgan fingerprint density at radius 1 is 1.27 bits per heavy atom. The molecule has 0 N–H and O–H groups in total. The van der Waals surface area contributed by atoms with Crippen molar-refractivity contribution in [3.63, 3.8) is 0 Å². The minimum absolute atomic E-state index is 0.344. The van der Waals surface area contributed by atoms with Gasteiger partial charge in [0.1, 0.15) is 5.66 Å². The molecule has 122 valence electrons. The molecule has 1 atom stereocenters. The van der Waals surface area contributed by atoms with Crippen LogP contribution in [0.3, 0.4) is 0 Å². The Bertz CT molecular complexity index is 661. The standard InChI is InChI=1S/C15H24N3O3P/c1-5-8-13-11-14(18-15(17-13)9-10-16-18)12(4)22(19,20-6-2)21-7-3/h9-12H,5-8H2,1-4H3. The van der Waals surface area contributed by atoms with Crippen molar-refractivity contribution >= 4 is 13.2 Å². The molecule has 0 spiro atoms. The van der Waals surface area contributed by atoms with E-state index in [4.69, 9.17) is 9.05 Å². The lowest BCUT2D eigenvalue weighted by Gasteiger charge is -2.24. The van der Waals surface area contributed by atoms with Gasteiger partial charge in [0.05, 0.1) is 25.1 Å². The first kappa shape index (κ1) is 17.1. The highest BCUT2D eigenvalue weighted by Gasteiger charge is 2.35. The molecule has 0 bridgehead atoms. The summed E-state index contributed by atoms with van der Waals surface area (Å²) in [6.07, 6.45) is 3.56. The number of fused-ring (bicyclic) bond motifs is 1. The average Bonchev–Trinajstić information content (AvgIpc) is 2.95. The third-order valence-electron chi connectivity index (χ3n) is 3.47. The van der Waals surface area contributed by atoms with Crippen LogP contribution in [0.25, 0.3) is 5.65 Å². The SMILES string of the molecule is CCCc1cc(C(C)P(=O)(OCC)OCC)n2nccc2n1. The Labute approximate surface area is 131 Å². The van der Waals surface area contributed by atoms with Crippen molar-refractivity contribution in [1.29, 1.82) is 0 Å². The number of aryl methyl sites for hydroxylation is 1. The third-order valence-corrected chi connectivity index (χ3v) is 5.92. The van der Waals surface area contributed by atoms with Crippen LogP contribution in [-0.2, 0) is 20.0 Å². The molecule has 0 amide bonds. The fourth-order valence-electron chi connectivity index (χ4n) is 2.46. The van der Waals surface area contributed by atoms with Gasteiger partial charge in [0, 0.05) is 11.8 Å². The summed E-state index contributed by atoms with van der Waals surface area (Å²) in [4.78, 5) is 4.57. The minimum atomic E-state index is -3.24. The smallest absolute Gasteiger partial charge is 0.308 e. The number of hydrogen-bond acceptors (Lipinski definition) is 5. The van der Waals surface area contributed by atoms with Gasteiger partial charge in [-0.05, 0) is 33.3 Å². The summed E-state index contributed by atoms with van der Waals surface area (Å²) < 4.78 is 25.7. The van der Waals surface area contributed by atoms with Crippen LogP contribution < -0.4 is 0 Å². The van der Waals surface area contributed by atoms with Gasteiger partial charge in [-0.1, -0.05) is 13.3 Å². The van der Waals surface area contributed by atoms with Crippen molar-refractivity contribution < 1.29 is 13.6 Å². The molecule has 0 saturated carbocycles. The molecule has 2 rings (SSSR count). The van der Waals surface area contributed by atoms with Crippen LogP contribution in [0.1, 0.15) is 51.2 Å². The second-order valence-corrected chi connectivity index (χ2v) is 7.45. The molecule has 7 heteroatoms. The lowest BCUT2D eigenvalue weighted by atomic mass is 10.2. The zero-order valence-corrected chi connectivity index (χ0v) is 14.5. The van der Waals surface area contributed by atoms with E-state index in [2.05, 4.69) is 17.0 Å². The first-order chi connectivity index (χ1) is 10.6. The molecule has 6 nitrogen and oxygen atoms in total. The van der Waals surface area contributed by atoms with Crippen molar-refractivity contribution in [3.8, 4) is 0 Å². The number of nitrogens with zero attached hydrogens (tertiary/aromatic N) is 3. The zero-order valence-electron chi connectivity index (χ0n) is 13.7. The van der Waals surface area contributed by atoms with Gasteiger partial charge < -0.3 is 9.05 Å². The van der Waals surface area contributed by atoms with Crippen molar-refractivity contribution in [2.75, 3.05) is 13.2 Å². The highest BCUT2D eigenvalue weighted by molar-refractivity contribution is 7.54. The fourth-order valence-corrected chi connectivity index (χ4v) is 4.21. The summed E-state index contributed by atoms with van der Waals surface area (Å²) in [6.45, 7) is 8.29. The van der Waals surface area contributed by atoms with Crippen LogP contribution >= 0.6 is 7.60 Å². The molecule has 0 aliphatic rings. The maximum Gasteiger partial charge on any atom is 0.339 e. The molecule has 0 fully saturated rings. The Balaban J connectivity index is 2.51. The normalized spacial score (nSPS) is 13.6. The van der Waals surface area contributed by atoms with Crippen LogP contribution in [0.2, 0.25) is 0 Å². The third kappa shape index (κ3) is 3.40. The Kier molecular flexibility index (Phi) is 5.73. The Hall–Kier alpha value is -1.23. The van der Waals surface area contributed by atoms with E-state index in [9.17, 15) is 4.57 Å². The van der Waals surface area contributed by atoms with Gasteiger partial charge in [-0.15, -0.1) is 0 Å². The molecule has 22 heavy (non-hydrogen) atoms. The summed E-state index contributed by atoms with van der Waals surface area (Å²) in [5, 5.41) is 4.30. The van der Waals surface area contributed by atoms with Crippen molar-refractivity contribution in [2.45, 2.75) is 46.2 Å². The number of hydrogen-bond donors (Lipinski definition) is 0. The highest BCUT2D eigenvalue weighted by Crippen LogP contribution is 2.60. The summed E-state index contributed by atoms with van der Waals surface area (Å²) in [5.41, 5.74) is 2.13. The summed E-state index contributed by atoms with van der Waals surface area (Å²) in [5.74, 6) is 0. The topological polar surface area (TPSA) is 65.7 Å². The fraction of sp³-hybridized carbons (Fsp3) is 0.600. The predicted molar refractivity (Wildman–Crippen MR) is 86.3 cm³/mol. The quantitative estimate of drug-likeness (QED) is 0.686. The molecule has 0 aliphatic heterocycles. The van der Waals surface area contributed by atoms with Gasteiger partial charge in [0.15, 0.2) is 5.65 Å². The van der Waals surface area contributed by atoms with Crippen LogP contribution in [0, 0.1) is 0 Å². The highest BCUT2D eigenvalue weighted by atomic mass is 31.2. The van der Waals surface area contributed by atoms with Gasteiger partial charge in [-0.3, -0.25) is 4.57 Å². The minimum Gasteiger partial charge on any atom is -0.308 e. The van der Waals surface area contributed by atoms with Crippen LogP contribution in [-0.4, -0.2) is 27.8 Å². The second-order valence-electron chi connectivity index (χ2n) is 5.07. The van der Waals surface area contributed by atoms with E-state index < -0.39 is 13.3 Å². The summed E-state index contributed by atoms with van der Waals surface area (Å²) >= 11 is 0. The Morgan fingerprint density at radius 2 is 1.95 bits per heavy atom. The van der Waals surface area contributed by atoms with Gasteiger partial charge in [0.2, 0.25) is 0 Å². The zero-order chi connectivity index (χ0) is 16.2. The van der Waals surface area contributed by atoms with Crippen molar-refractivity contribution in [2.24, 2.45) is 0 Å². The van der Waals surface area contributed by atoms with E-state index in [1.807, 2.05) is 32.9 Å². The molecule has 0 saturated heterocycles. The second kappa shape index (κ2) is 7.36. The molecule has 2 aromatic rings. The van der Waals surface area contributed by atoms with Gasteiger partial charge in [-0.25, -0.2) is 9.50 Å². The maximum atomic E-state index is 13.0. The van der Waals surface area contributed by atoms with E-state index in [1.165, 1.54) is 0 Å². The maximum absolute atomic E-state index is 13.0. The molecular weight excluding hydrogens is 301 g/mol. The first-order valence-electron chi connectivity index (χ1n) is 7.78. The molecule has 1 unspecified atom stereocenters. The lowest BCUT2D eigenvalue weighted by molar-refractivity contribution is 0.213. The van der Waals surface area contributed by atoms with Crippen molar-refractivity contribution in [1.82, 2.24) is 14.6 Å². The molecule has 0 radical (unpaired) electrons. The monoisotopic (exact) mass is 325 g/mol. The van der Waals surface area contributed by atoms with Gasteiger partial charge in [0.25, 0.3) is 0 Å². The van der Waals surface area contributed by atoms with E-state index in [1.54, 1.807) is 10.7 Å². The molecular formula is C15H24N3O3P. The van der Waals surface area contributed by atoms with Crippen molar-refractivity contribution in [3.05, 3.63) is 29.7 Å². The van der Waals surface area contributed by atoms with Crippen LogP contribution in [0.4, 0.5) is 0 Å². The van der Waals surface area contributed by atoms with Crippen LogP contribution in [0.15, 0.2) is 18.3 Å². The molecule has 0 aromatic carbocycles. The number of aromatic nitrogens is 3. The summed E-state index contributed by atoms with van der Waals surface area (Å²) in [7, 11) is -3.24. The van der Waals surface area contributed by atoms with E-state index in [-0.39, 0.29) is 0 Å².